The fraction of sp³-hybridized carbons (Fsp3) is 0.667. The third-order valence-electron chi connectivity index (χ3n) is 9.19. The van der Waals surface area contributed by atoms with Gasteiger partial charge in [0.15, 0.2) is 0 Å². The van der Waals surface area contributed by atoms with Crippen LogP contribution in [0.5, 0.6) is 11.6 Å². The van der Waals surface area contributed by atoms with E-state index in [1.807, 2.05) is 39.0 Å². The number of methoxy groups -OCH3 is 2. The van der Waals surface area contributed by atoms with Crippen molar-refractivity contribution in [2.75, 3.05) is 20.8 Å². The van der Waals surface area contributed by atoms with E-state index in [4.69, 9.17) is 28.9 Å². The molecule has 3 aliphatic rings. The fourth-order valence-electron chi connectivity index (χ4n) is 6.86. The van der Waals surface area contributed by atoms with Gasteiger partial charge in [-0.15, -0.1) is 0 Å². The third-order valence-corrected chi connectivity index (χ3v) is 9.19. The molecule has 1 N–H and O–H groups in total. The third kappa shape index (κ3) is 7.02. The van der Waals surface area contributed by atoms with Gasteiger partial charge in [0.05, 0.1) is 31.8 Å². The van der Waals surface area contributed by atoms with E-state index in [1.54, 1.807) is 7.11 Å². The number of hydrogen-bond acceptors (Lipinski definition) is 9. The number of benzene rings is 1. The zero-order chi connectivity index (χ0) is 31.6. The zero-order valence-corrected chi connectivity index (χ0v) is 26.8. The minimum atomic E-state index is -0.930. The Morgan fingerprint density at radius 1 is 1.02 bits per heavy atom. The van der Waals surface area contributed by atoms with Crippen molar-refractivity contribution in [2.45, 2.75) is 103 Å². The molecule has 240 valence electrons. The minimum absolute atomic E-state index is 0.126. The number of esters is 1. The van der Waals surface area contributed by atoms with Crippen LogP contribution in [0, 0.1) is 17.3 Å². The van der Waals surface area contributed by atoms with Gasteiger partial charge in [-0.2, -0.15) is 0 Å². The van der Waals surface area contributed by atoms with Crippen LogP contribution in [0.3, 0.4) is 0 Å². The van der Waals surface area contributed by atoms with Crippen LogP contribution >= 0.6 is 0 Å². The second kappa shape index (κ2) is 13.2. The number of hydrogen-bond donors (Lipinski definition) is 1. The molecule has 2 fully saturated rings. The predicted octanol–water partition coefficient (Wildman–Crippen LogP) is 4.83. The van der Waals surface area contributed by atoms with E-state index in [1.165, 1.54) is 12.0 Å². The van der Waals surface area contributed by atoms with Gasteiger partial charge in [0.2, 0.25) is 11.8 Å². The monoisotopic (exact) mass is 610 g/mol. The first-order valence-electron chi connectivity index (χ1n) is 15.8. The first-order valence-corrected chi connectivity index (χ1v) is 15.8. The molecule has 5 rings (SSSR count). The summed E-state index contributed by atoms with van der Waals surface area (Å²) in [6, 6.07) is 3.76. The van der Waals surface area contributed by atoms with Crippen molar-refractivity contribution >= 4 is 29.0 Å². The maximum atomic E-state index is 14.1. The zero-order valence-electron chi connectivity index (χ0n) is 26.8. The van der Waals surface area contributed by atoms with Crippen molar-refractivity contribution < 1.29 is 33.3 Å². The topological polar surface area (TPSA) is 129 Å². The van der Waals surface area contributed by atoms with Gasteiger partial charge in [0, 0.05) is 12.5 Å². The van der Waals surface area contributed by atoms with Crippen LogP contribution in [0.4, 0.5) is 4.79 Å². The van der Waals surface area contributed by atoms with Crippen molar-refractivity contribution in [1.29, 1.82) is 0 Å². The Kier molecular flexibility index (Phi) is 9.51. The molecule has 1 aromatic heterocycles. The Morgan fingerprint density at radius 3 is 2.55 bits per heavy atom. The molecule has 11 heteroatoms. The first kappa shape index (κ1) is 31.8. The highest BCUT2D eigenvalue weighted by atomic mass is 16.6. The Hall–Kier alpha value is -3.63. The molecule has 1 saturated heterocycles. The van der Waals surface area contributed by atoms with Crippen molar-refractivity contribution in [3.63, 3.8) is 0 Å². The molecular weight excluding hydrogens is 564 g/mol. The van der Waals surface area contributed by atoms with E-state index in [9.17, 15) is 14.4 Å². The fourth-order valence-corrected chi connectivity index (χ4v) is 6.86. The summed E-state index contributed by atoms with van der Waals surface area (Å²) in [5.41, 5.74) is 1.47. The molecule has 44 heavy (non-hydrogen) atoms. The number of carbonyl (C=O) groups is 3. The number of aromatic nitrogens is 2. The second-order valence-electron chi connectivity index (χ2n) is 13.7. The number of carbonyl (C=O) groups excluding carboxylic acids is 3. The molecule has 1 aromatic carbocycles. The smallest absolute Gasteiger partial charge is 0.408 e. The molecule has 1 aliphatic carbocycles. The summed E-state index contributed by atoms with van der Waals surface area (Å²) in [5, 5.41) is 2.87. The molecule has 0 unspecified atom stereocenters. The lowest BCUT2D eigenvalue weighted by Gasteiger charge is -2.35. The largest absolute Gasteiger partial charge is 0.497 e. The van der Waals surface area contributed by atoms with Crippen LogP contribution in [-0.4, -0.2) is 77.9 Å². The number of alkyl carbamates (subject to hydrolysis) is 1. The Balaban J connectivity index is 1.51. The molecule has 2 aromatic rings. The molecule has 2 bridgehead atoms. The molecule has 0 spiro atoms. The SMILES string of the molecule is COC(=O)[C@@H]1C[C@@H]2CN1C(=O)[C@H](C(C)(C)C)NC(=O)O[C@@H]1C[C@H](C)C[C@H]1CCCCCc1nc3ccc(OC)cc3nc1O2. The molecule has 6 atom stereocenters. The van der Waals surface area contributed by atoms with Crippen LogP contribution in [-0.2, 0) is 25.5 Å². The number of ether oxygens (including phenoxy) is 4. The van der Waals surface area contributed by atoms with Crippen LogP contribution in [0.25, 0.3) is 11.0 Å². The summed E-state index contributed by atoms with van der Waals surface area (Å²) in [6.45, 7) is 7.96. The number of fused-ring (bicyclic) bond motifs is 5. The maximum Gasteiger partial charge on any atom is 0.408 e. The van der Waals surface area contributed by atoms with E-state index in [0.29, 0.717) is 29.5 Å². The quantitative estimate of drug-likeness (QED) is 0.475. The molecule has 1 saturated carbocycles. The number of aryl methyl sites for hydroxylation is 1. The van der Waals surface area contributed by atoms with Crippen LogP contribution in [0.15, 0.2) is 18.2 Å². The normalized spacial score (nSPS) is 28.5. The van der Waals surface area contributed by atoms with Crippen molar-refractivity contribution in [3.8, 4) is 11.6 Å². The number of rotatable bonds is 2. The van der Waals surface area contributed by atoms with Gasteiger partial charge < -0.3 is 29.2 Å². The van der Waals surface area contributed by atoms with Gasteiger partial charge in [-0.05, 0) is 61.5 Å². The van der Waals surface area contributed by atoms with Crippen molar-refractivity contribution in [3.05, 3.63) is 23.9 Å². The molecule has 2 aliphatic heterocycles. The lowest BCUT2D eigenvalue weighted by Crippen LogP contribution is -2.57. The highest BCUT2D eigenvalue weighted by Gasteiger charge is 2.47. The average Bonchev–Trinajstić information content (AvgIpc) is 3.56. The second-order valence-corrected chi connectivity index (χ2v) is 13.7. The van der Waals surface area contributed by atoms with Gasteiger partial charge in [-0.25, -0.2) is 19.6 Å². The Bertz CT molecular complexity index is 1380. The van der Waals surface area contributed by atoms with Gasteiger partial charge in [-0.1, -0.05) is 40.5 Å². The Labute approximate surface area is 259 Å². The Morgan fingerprint density at radius 2 is 1.82 bits per heavy atom. The van der Waals surface area contributed by atoms with E-state index in [-0.39, 0.29) is 30.9 Å². The summed E-state index contributed by atoms with van der Waals surface area (Å²) >= 11 is 0. The van der Waals surface area contributed by atoms with Gasteiger partial charge in [0.1, 0.15) is 35.7 Å². The van der Waals surface area contributed by atoms with Crippen LogP contribution < -0.4 is 14.8 Å². The van der Waals surface area contributed by atoms with Crippen molar-refractivity contribution in [2.24, 2.45) is 17.3 Å². The van der Waals surface area contributed by atoms with Gasteiger partial charge in [0.25, 0.3) is 0 Å². The molecule has 2 amide bonds. The lowest BCUT2D eigenvalue weighted by molar-refractivity contribution is -0.152. The molecule has 11 nitrogen and oxygen atoms in total. The molecule has 0 radical (unpaired) electrons. The van der Waals surface area contributed by atoms with Gasteiger partial charge >= 0.3 is 12.1 Å². The van der Waals surface area contributed by atoms with Crippen molar-refractivity contribution in [1.82, 2.24) is 20.2 Å². The molecular formula is C33H46N4O7. The first-order chi connectivity index (χ1) is 21.0. The van der Waals surface area contributed by atoms with Crippen LogP contribution in [0.1, 0.15) is 78.3 Å². The minimum Gasteiger partial charge on any atom is -0.497 e. The summed E-state index contributed by atoms with van der Waals surface area (Å²) in [7, 11) is 2.90. The summed E-state index contributed by atoms with van der Waals surface area (Å²) in [4.78, 5) is 51.6. The van der Waals surface area contributed by atoms with E-state index >= 15 is 0 Å². The maximum absolute atomic E-state index is 14.1. The summed E-state index contributed by atoms with van der Waals surface area (Å²) in [6.07, 6.45) is 5.25. The highest BCUT2D eigenvalue weighted by molar-refractivity contribution is 5.91. The lowest BCUT2D eigenvalue weighted by atomic mass is 9.85. The van der Waals surface area contributed by atoms with E-state index in [2.05, 4.69) is 12.2 Å². The number of nitrogens with one attached hydrogen (secondary N) is 1. The number of nitrogens with zero attached hydrogens (tertiary/aromatic N) is 3. The number of amides is 2. The van der Waals surface area contributed by atoms with Gasteiger partial charge in [-0.3, -0.25) is 4.79 Å². The highest BCUT2D eigenvalue weighted by Crippen LogP contribution is 2.37. The van der Waals surface area contributed by atoms with E-state index < -0.39 is 35.7 Å². The molecule has 3 heterocycles. The summed E-state index contributed by atoms with van der Waals surface area (Å²) < 4.78 is 22.9. The van der Waals surface area contributed by atoms with E-state index in [0.717, 1.165) is 49.7 Å². The standard InChI is InChI=1S/C33H46N4O7/c1-19-14-20-10-8-7-9-11-24-29(35-25-16-21(41-5)12-13-23(25)34-24)43-22-17-26(31(39)42-6)37(18-22)30(38)28(33(2,3)4)36-32(40)44-27(20)15-19/h12-13,16,19-20,22,26-28H,7-11,14-15,17-18H2,1-6H3,(H,36,40)/t19-,20-,22-,26+,27-,28-/m1/s1. The van der Waals surface area contributed by atoms with Crippen LogP contribution in [0.2, 0.25) is 0 Å². The predicted molar refractivity (Wildman–Crippen MR) is 163 cm³/mol. The summed E-state index contributed by atoms with van der Waals surface area (Å²) in [5.74, 6) is 0.866. The average molecular weight is 611 g/mol.